The van der Waals surface area contributed by atoms with Gasteiger partial charge in [-0.05, 0) is 0 Å². The van der Waals surface area contributed by atoms with E-state index in [4.69, 9.17) is 5.73 Å². The fourth-order valence-electron chi connectivity index (χ4n) is 3.93. The molecule has 1 unspecified atom stereocenters. The summed E-state index contributed by atoms with van der Waals surface area (Å²) in [6, 6.07) is 33.4. The first-order valence-electron chi connectivity index (χ1n) is 9.24. The first-order chi connectivity index (χ1) is 12.8. The Hall–Kier alpha value is -1.60. The van der Waals surface area contributed by atoms with Crippen LogP contribution in [-0.4, -0.2) is 23.7 Å². The van der Waals surface area contributed by atoms with E-state index in [-0.39, 0.29) is 0 Å². The molecule has 1 nitrogen and oxygen atoms in total. The van der Waals surface area contributed by atoms with E-state index in [1.54, 1.807) is 0 Å². The molecule has 0 heterocycles. The van der Waals surface area contributed by atoms with Gasteiger partial charge in [-0.2, -0.15) is 0 Å². The third-order valence-electron chi connectivity index (χ3n) is 5.06. The molecule has 0 aliphatic heterocycles. The summed E-state index contributed by atoms with van der Waals surface area (Å²) in [6.07, 6.45) is 0. The average molecular weight is 382 g/mol. The molecule has 0 saturated carbocycles. The summed E-state index contributed by atoms with van der Waals surface area (Å²) >= 11 is 1.98. The molecule has 1 atom stereocenters. The van der Waals surface area contributed by atoms with E-state index >= 15 is 0 Å². The van der Waals surface area contributed by atoms with Crippen LogP contribution in [-0.2, 0) is 0 Å². The molecule has 26 heavy (non-hydrogen) atoms. The molecule has 0 aromatic heterocycles. The second-order valence-corrected chi connectivity index (χ2v) is 12.2. The zero-order valence-electron chi connectivity index (χ0n) is 15.3. The molecule has 3 heteroatoms. The average Bonchev–Trinajstić information content (AvgIpc) is 2.71. The first-order valence-corrected chi connectivity index (χ1v) is 12.5. The van der Waals surface area contributed by atoms with Crippen LogP contribution in [0.1, 0.15) is 6.92 Å². The molecule has 0 aliphatic carbocycles. The third kappa shape index (κ3) is 3.88. The topological polar surface area (TPSA) is 26.0 Å². The van der Waals surface area contributed by atoms with Crippen LogP contribution < -0.4 is 21.6 Å². The maximum absolute atomic E-state index is 5.75. The van der Waals surface area contributed by atoms with Crippen molar-refractivity contribution >= 4 is 34.9 Å². The van der Waals surface area contributed by atoms with Crippen LogP contribution in [0, 0.1) is 0 Å². The van der Waals surface area contributed by atoms with E-state index in [2.05, 4.69) is 97.9 Å². The van der Waals surface area contributed by atoms with Gasteiger partial charge in [0.25, 0.3) is 0 Å². The Morgan fingerprint density at radius 2 is 1.12 bits per heavy atom. The zero-order valence-corrected chi connectivity index (χ0v) is 17.2. The van der Waals surface area contributed by atoms with Gasteiger partial charge in [0, 0.05) is 0 Å². The molecular weight excluding hydrogens is 353 g/mol. The van der Waals surface area contributed by atoms with Crippen molar-refractivity contribution in [2.45, 2.75) is 12.6 Å². The Labute approximate surface area is 162 Å². The predicted octanol–water partition coefficient (Wildman–Crippen LogP) is 3.79. The molecular formula is C23H28NPS. The minimum atomic E-state index is -2.14. The van der Waals surface area contributed by atoms with Crippen molar-refractivity contribution in [3.8, 4) is 0 Å². The SMILES string of the molecule is CC(CSCCN)[PH](c1ccccc1)(c1ccccc1)c1ccccc1. The number of hydrogen-bond acceptors (Lipinski definition) is 2. The fourth-order valence-corrected chi connectivity index (χ4v) is 10.8. The summed E-state index contributed by atoms with van der Waals surface area (Å²) in [6.45, 7) is 3.18. The summed E-state index contributed by atoms with van der Waals surface area (Å²) in [5.41, 5.74) is 6.31. The maximum atomic E-state index is 5.75. The van der Waals surface area contributed by atoms with Gasteiger partial charge in [-0.15, -0.1) is 0 Å². The molecule has 3 aromatic carbocycles. The Morgan fingerprint density at radius 1 is 0.731 bits per heavy atom. The molecule has 0 saturated heterocycles. The molecule has 3 aromatic rings. The van der Waals surface area contributed by atoms with Gasteiger partial charge in [-0.1, -0.05) is 0 Å². The first kappa shape index (κ1) is 19.2. The molecule has 0 aliphatic rings. The number of thioether (sulfide) groups is 1. The van der Waals surface area contributed by atoms with Crippen LogP contribution in [0.15, 0.2) is 91.0 Å². The number of nitrogens with two attached hydrogens (primary N) is 1. The molecule has 0 fully saturated rings. The van der Waals surface area contributed by atoms with Crippen LogP contribution in [0.5, 0.6) is 0 Å². The number of rotatable bonds is 8. The Morgan fingerprint density at radius 3 is 1.46 bits per heavy atom. The van der Waals surface area contributed by atoms with Gasteiger partial charge in [0.1, 0.15) is 0 Å². The Balaban J connectivity index is 2.21. The predicted molar refractivity (Wildman–Crippen MR) is 122 cm³/mol. The number of hydrogen-bond donors (Lipinski definition) is 1. The van der Waals surface area contributed by atoms with E-state index in [9.17, 15) is 0 Å². The molecule has 0 radical (unpaired) electrons. The summed E-state index contributed by atoms with van der Waals surface area (Å²) in [4.78, 5) is 0. The van der Waals surface area contributed by atoms with E-state index in [1.165, 1.54) is 15.9 Å². The third-order valence-corrected chi connectivity index (χ3v) is 12.0. The molecule has 0 spiro atoms. The summed E-state index contributed by atoms with van der Waals surface area (Å²) in [5.74, 6) is 2.15. The van der Waals surface area contributed by atoms with E-state index < -0.39 is 7.26 Å². The van der Waals surface area contributed by atoms with Gasteiger partial charge in [0.15, 0.2) is 0 Å². The van der Waals surface area contributed by atoms with Gasteiger partial charge in [-0.25, -0.2) is 0 Å². The van der Waals surface area contributed by atoms with Crippen molar-refractivity contribution in [1.82, 2.24) is 0 Å². The fraction of sp³-hybridized carbons (Fsp3) is 0.217. The van der Waals surface area contributed by atoms with Crippen LogP contribution >= 0.6 is 19.0 Å². The monoisotopic (exact) mass is 381 g/mol. The standard InChI is InChI=1S/C23H28NPS/c1-20(19-26-18-17-24)25(21-11-5-2-6-12-21,22-13-7-3-8-14-22)23-15-9-4-10-16-23/h2-16,20,25H,17-19,24H2,1H3. The van der Waals surface area contributed by atoms with Gasteiger partial charge in [0.05, 0.1) is 0 Å². The van der Waals surface area contributed by atoms with Crippen molar-refractivity contribution in [3.63, 3.8) is 0 Å². The van der Waals surface area contributed by atoms with E-state index in [1.807, 2.05) is 11.8 Å². The van der Waals surface area contributed by atoms with E-state index in [0.29, 0.717) is 5.66 Å². The quantitative estimate of drug-likeness (QED) is 0.475. The van der Waals surface area contributed by atoms with Gasteiger partial charge < -0.3 is 0 Å². The second-order valence-electron chi connectivity index (χ2n) is 6.67. The van der Waals surface area contributed by atoms with Crippen LogP contribution in [0.2, 0.25) is 0 Å². The molecule has 3 rings (SSSR count). The van der Waals surface area contributed by atoms with Crippen molar-refractivity contribution in [2.24, 2.45) is 5.73 Å². The van der Waals surface area contributed by atoms with Crippen molar-refractivity contribution in [2.75, 3.05) is 18.1 Å². The Kier molecular flexibility index (Phi) is 6.91. The molecule has 136 valence electrons. The Bertz CT molecular complexity index is 680. The second kappa shape index (κ2) is 9.37. The van der Waals surface area contributed by atoms with Crippen molar-refractivity contribution in [3.05, 3.63) is 91.0 Å². The van der Waals surface area contributed by atoms with Gasteiger partial charge in [0.2, 0.25) is 0 Å². The van der Waals surface area contributed by atoms with Crippen LogP contribution in [0.3, 0.4) is 0 Å². The van der Waals surface area contributed by atoms with Crippen LogP contribution in [0.25, 0.3) is 0 Å². The summed E-state index contributed by atoms with van der Waals surface area (Å²) in [7, 11) is -2.14. The normalized spacial score (nSPS) is 13.3. The van der Waals surface area contributed by atoms with Gasteiger partial charge >= 0.3 is 162 Å². The molecule has 0 amide bonds. The molecule has 0 bridgehead atoms. The van der Waals surface area contributed by atoms with Gasteiger partial charge in [-0.3, -0.25) is 0 Å². The van der Waals surface area contributed by atoms with E-state index in [0.717, 1.165) is 18.1 Å². The minimum absolute atomic E-state index is 0.561. The molecule has 2 N–H and O–H groups in total. The summed E-state index contributed by atoms with van der Waals surface area (Å²) in [5, 5.41) is 4.45. The van der Waals surface area contributed by atoms with Crippen LogP contribution in [0.4, 0.5) is 0 Å². The number of benzene rings is 3. The van der Waals surface area contributed by atoms with Crippen molar-refractivity contribution in [1.29, 1.82) is 0 Å². The van der Waals surface area contributed by atoms with Crippen molar-refractivity contribution < 1.29 is 0 Å². The zero-order chi connectivity index (χ0) is 18.2. The summed E-state index contributed by atoms with van der Waals surface area (Å²) < 4.78 is 0.